The van der Waals surface area contributed by atoms with E-state index in [4.69, 9.17) is 4.74 Å². The summed E-state index contributed by atoms with van der Waals surface area (Å²) in [6, 6.07) is 6.04. The van der Waals surface area contributed by atoms with Gasteiger partial charge in [0.1, 0.15) is 5.75 Å². The number of hydrogen-bond donors (Lipinski definition) is 0. The maximum absolute atomic E-state index is 5.26. The third-order valence-electron chi connectivity index (χ3n) is 2.61. The van der Waals surface area contributed by atoms with E-state index in [1.54, 1.807) is 7.11 Å². The third-order valence-corrected chi connectivity index (χ3v) is 2.61. The maximum Gasteiger partial charge on any atom is 0.119 e. The molecule has 0 bridgehead atoms. The predicted octanol–water partition coefficient (Wildman–Crippen LogP) is 4.66. The Balaban J connectivity index is 2.97. The van der Waals surface area contributed by atoms with Gasteiger partial charge in [-0.25, -0.2) is 0 Å². The lowest BCUT2D eigenvalue weighted by Gasteiger charge is -2.03. The van der Waals surface area contributed by atoms with E-state index in [1.807, 2.05) is 18.2 Å². The monoisotopic (exact) mass is 242 g/mol. The van der Waals surface area contributed by atoms with Gasteiger partial charge in [-0.05, 0) is 36.6 Å². The van der Waals surface area contributed by atoms with Gasteiger partial charge in [-0.2, -0.15) is 0 Å². The molecule has 0 aliphatic heterocycles. The average Bonchev–Trinajstić information content (AvgIpc) is 2.40. The summed E-state index contributed by atoms with van der Waals surface area (Å²) >= 11 is 0. The Hall–Kier alpha value is -1.68. The molecule has 0 aromatic heterocycles. The lowest BCUT2D eigenvalue weighted by molar-refractivity contribution is 0.414. The molecular weight excluding hydrogens is 220 g/mol. The second-order valence-electron chi connectivity index (χ2n) is 4.20. The van der Waals surface area contributed by atoms with E-state index < -0.39 is 0 Å². The van der Waals surface area contributed by atoms with Gasteiger partial charge in [-0.1, -0.05) is 44.3 Å². The van der Waals surface area contributed by atoms with Crippen LogP contribution in [0.1, 0.15) is 50.7 Å². The van der Waals surface area contributed by atoms with Crippen LogP contribution in [-0.4, -0.2) is 7.11 Å². The molecular formula is C17H22O. The third kappa shape index (κ3) is 4.67. The van der Waals surface area contributed by atoms with Crippen molar-refractivity contribution in [3.05, 3.63) is 35.4 Å². The van der Waals surface area contributed by atoms with Crippen LogP contribution in [0.25, 0.3) is 6.08 Å². The zero-order chi connectivity index (χ0) is 13.2. The summed E-state index contributed by atoms with van der Waals surface area (Å²) in [4.78, 5) is 0. The highest BCUT2D eigenvalue weighted by atomic mass is 16.5. The van der Waals surface area contributed by atoms with Crippen molar-refractivity contribution >= 4 is 6.08 Å². The highest BCUT2D eigenvalue weighted by Gasteiger charge is 1.99. The molecule has 1 nitrogen and oxygen atoms in total. The Bertz CT molecular complexity index is 446. The van der Waals surface area contributed by atoms with Crippen LogP contribution in [0.15, 0.2) is 24.3 Å². The fraction of sp³-hybridized carbons (Fsp3) is 0.412. The van der Waals surface area contributed by atoms with E-state index in [9.17, 15) is 0 Å². The molecule has 1 heteroatoms. The van der Waals surface area contributed by atoms with Crippen molar-refractivity contribution in [1.82, 2.24) is 0 Å². The molecule has 0 aliphatic carbocycles. The van der Waals surface area contributed by atoms with Crippen molar-refractivity contribution in [2.45, 2.75) is 39.5 Å². The van der Waals surface area contributed by atoms with Crippen LogP contribution in [0.4, 0.5) is 0 Å². The molecule has 0 amide bonds. The molecule has 0 saturated carbocycles. The average molecular weight is 242 g/mol. The maximum atomic E-state index is 5.26. The SMILES string of the molecule is CCCC#Cc1ccc(OC)cc1C=CCCC. The number of ether oxygens (including phenoxy) is 1. The van der Waals surface area contributed by atoms with Crippen LogP contribution in [0.3, 0.4) is 0 Å². The predicted molar refractivity (Wildman–Crippen MR) is 78.7 cm³/mol. The number of methoxy groups -OCH3 is 1. The van der Waals surface area contributed by atoms with Gasteiger partial charge in [0.2, 0.25) is 0 Å². The molecule has 18 heavy (non-hydrogen) atoms. The van der Waals surface area contributed by atoms with Gasteiger partial charge in [0.25, 0.3) is 0 Å². The van der Waals surface area contributed by atoms with Gasteiger partial charge in [-0.3, -0.25) is 0 Å². The number of allylic oxidation sites excluding steroid dienone is 1. The zero-order valence-corrected chi connectivity index (χ0v) is 11.6. The zero-order valence-electron chi connectivity index (χ0n) is 11.6. The Kier molecular flexibility index (Phi) is 6.72. The Morgan fingerprint density at radius 1 is 1.22 bits per heavy atom. The first kappa shape index (κ1) is 14.4. The summed E-state index contributed by atoms with van der Waals surface area (Å²) in [5.74, 6) is 7.31. The minimum atomic E-state index is 0.882. The first-order valence-corrected chi connectivity index (χ1v) is 6.65. The van der Waals surface area contributed by atoms with Gasteiger partial charge < -0.3 is 4.74 Å². The lowest BCUT2D eigenvalue weighted by Crippen LogP contribution is -1.87. The Morgan fingerprint density at radius 2 is 2.06 bits per heavy atom. The van der Waals surface area contributed by atoms with Crippen molar-refractivity contribution in [1.29, 1.82) is 0 Å². The van der Waals surface area contributed by atoms with Crippen LogP contribution in [-0.2, 0) is 0 Å². The molecule has 1 aromatic carbocycles. The smallest absolute Gasteiger partial charge is 0.119 e. The van der Waals surface area contributed by atoms with E-state index in [-0.39, 0.29) is 0 Å². The summed E-state index contributed by atoms with van der Waals surface area (Å²) in [5, 5.41) is 0. The molecule has 1 aromatic rings. The highest BCUT2D eigenvalue weighted by Crippen LogP contribution is 2.19. The fourth-order valence-corrected chi connectivity index (χ4v) is 1.58. The standard InChI is InChI=1S/C17H22O/c1-4-6-8-10-15-12-13-17(18-3)14-16(15)11-9-7-5-2/h9,11-14H,4-7H2,1-3H3. The first-order valence-electron chi connectivity index (χ1n) is 6.65. The molecule has 0 heterocycles. The van der Waals surface area contributed by atoms with Gasteiger partial charge in [0.15, 0.2) is 0 Å². The largest absolute Gasteiger partial charge is 0.497 e. The van der Waals surface area contributed by atoms with Crippen molar-refractivity contribution in [3.8, 4) is 17.6 Å². The molecule has 0 aliphatic rings. The summed E-state index contributed by atoms with van der Waals surface area (Å²) in [7, 11) is 1.69. The van der Waals surface area contributed by atoms with Crippen LogP contribution in [0, 0.1) is 11.8 Å². The molecule has 0 fully saturated rings. The topological polar surface area (TPSA) is 9.23 Å². The van der Waals surface area contributed by atoms with Crippen molar-refractivity contribution in [3.63, 3.8) is 0 Å². The van der Waals surface area contributed by atoms with Crippen LogP contribution in [0.5, 0.6) is 5.75 Å². The normalized spacial score (nSPS) is 10.2. The van der Waals surface area contributed by atoms with Crippen molar-refractivity contribution in [2.24, 2.45) is 0 Å². The molecule has 0 unspecified atom stereocenters. The molecule has 0 N–H and O–H groups in total. The van der Waals surface area contributed by atoms with Gasteiger partial charge in [0, 0.05) is 12.0 Å². The Morgan fingerprint density at radius 3 is 2.72 bits per heavy atom. The van der Waals surface area contributed by atoms with Gasteiger partial charge >= 0.3 is 0 Å². The minimum Gasteiger partial charge on any atom is -0.497 e. The molecule has 0 radical (unpaired) electrons. The Labute approximate surface area is 111 Å². The lowest BCUT2D eigenvalue weighted by atomic mass is 10.1. The summed E-state index contributed by atoms with van der Waals surface area (Å²) in [5.41, 5.74) is 2.23. The second kappa shape index (κ2) is 8.42. The molecule has 96 valence electrons. The quantitative estimate of drug-likeness (QED) is 0.682. The molecule has 1 rings (SSSR count). The minimum absolute atomic E-state index is 0.882. The van der Waals surface area contributed by atoms with Gasteiger partial charge in [0.05, 0.1) is 7.11 Å². The van der Waals surface area contributed by atoms with E-state index in [1.165, 1.54) is 0 Å². The second-order valence-corrected chi connectivity index (χ2v) is 4.20. The van der Waals surface area contributed by atoms with Crippen molar-refractivity contribution < 1.29 is 4.74 Å². The summed E-state index contributed by atoms with van der Waals surface area (Å²) < 4.78 is 5.26. The summed E-state index contributed by atoms with van der Waals surface area (Å²) in [6.45, 7) is 4.32. The van der Waals surface area contributed by atoms with Crippen molar-refractivity contribution in [2.75, 3.05) is 7.11 Å². The fourth-order valence-electron chi connectivity index (χ4n) is 1.58. The highest BCUT2D eigenvalue weighted by molar-refractivity contribution is 5.61. The molecule has 0 spiro atoms. The molecule has 0 atom stereocenters. The number of benzene rings is 1. The number of unbranched alkanes of at least 4 members (excludes halogenated alkanes) is 2. The van der Waals surface area contributed by atoms with Gasteiger partial charge in [-0.15, -0.1) is 0 Å². The summed E-state index contributed by atoms with van der Waals surface area (Å²) in [6.07, 6.45) is 8.65. The first-order chi connectivity index (χ1) is 8.81. The molecule has 0 saturated heterocycles. The van der Waals surface area contributed by atoms with E-state index in [0.29, 0.717) is 0 Å². The van der Waals surface area contributed by atoms with Crippen LogP contribution < -0.4 is 4.74 Å². The number of rotatable bonds is 5. The van der Waals surface area contributed by atoms with Crippen LogP contribution >= 0.6 is 0 Å². The van der Waals surface area contributed by atoms with E-state index >= 15 is 0 Å². The van der Waals surface area contributed by atoms with E-state index in [2.05, 4.69) is 37.8 Å². The van der Waals surface area contributed by atoms with E-state index in [0.717, 1.165) is 42.6 Å². The number of hydrogen-bond acceptors (Lipinski definition) is 1. The van der Waals surface area contributed by atoms with Crippen LogP contribution in [0.2, 0.25) is 0 Å².